The van der Waals surface area contributed by atoms with E-state index in [2.05, 4.69) is 5.32 Å². The van der Waals surface area contributed by atoms with Crippen LogP contribution >= 0.6 is 11.6 Å². The summed E-state index contributed by atoms with van der Waals surface area (Å²) >= 11 is 6.07. The number of fused-ring (bicyclic) bond motifs is 1. The first kappa shape index (κ1) is 11.7. The molecule has 2 rings (SSSR count). The maximum absolute atomic E-state index is 6.07. The Morgan fingerprint density at radius 1 is 1.44 bits per heavy atom. The lowest BCUT2D eigenvalue weighted by atomic mass is 10.1. The van der Waals surface area contributed by atoms with Crippen LogP contribution in [0.25, 0.3) is 0 Å². The second-order valence-corrected chi connectivity index (χ2v) is 4.41. The van der Waals surface area contributed by atoms with E-state index < -0.39 is 0 Å². The zero-order valence-corrected chi connectivity index (χ0v) is 10.0. The van der Waals surface area contributed by atoms with E-state index in [1.165, 1.54) is 5.56 Å². The first-order valence-electron chi connectivity index (χ1n) is 5.66. The van der Waals surface area contributed by atoms with Gasteiger partial charge >= 0.3 is 0 Å². The number of ether oxygens (including phenoxy) is 1. The van der Waals surface area contributed by atoms with E-state index in [1.54, 1.807) is 0 Å². The van der Waals surface area contributed by atoms with Crippen molar-refractivity contribution in [3.05, 3.63) is 28.3 Å². The third-order valence-corrected chi connectivity index (χ3v) is 2.92. The molecule has 0 saturated heterocycles. The summed E-state index contributed by atoms with van der Waals surface area (Å²) < 4.78 is 5.62. The highest BCUT2D eigenvalue weighted by Crippen LogP contribution is 2.32. The third kappa shape index (κ3) is 2.67. The Hall–Kier alpha value is -0.770. The molecule has 3 nitrogen and oxygen atoms in total. The number of hydrogen-bond donors (Lipinski definition) is 2. The molecule has 0 fully saturated rings. The fourth-order valence-electron chi connectivity index (χ4n) is 1.93. The quantitative estimate of drug-likeness (QED) is 0.771. The standard InChI is InChI=1S/C12H17ClN2O/c13-11-6-9-2-5-16-12(9)10(7-11)8-15-4-1-3-14/h6-7,15H,1-5,8,14H2. The molecule has 0 spiro atoms. The van der Waals surface area contributed by atoms with Crippen LogP contribution in [-0.4, -0.2) is 19.7 Å². The van der Waals surface area contributed by atoms with Gasteiger partial charge in [0.25, 0.3) is 0 Å². The molecule has 0 amide bonds. The first-order valence-corrected chi connectivity index (χ1v) is 6.04. The van der Waals surface area contributed by atoms with Gasteiger partial charge in [-0.1, -0.05) is 11.6 Å². The van der Waals surface area contributed by atoms with E-state index in [-0.39, 0.29) is 0 Å². The Bertz CT molecular complexity index is 368. The van der Waals surface area contributed by atoms with Crippen molar-refractivity contribution >= 4 is 11.6 Å². The van der Waals surface area contributed by atoms with Crippen molar-refractivity contribution in [3.63, 3.8) is 0 Å². The lowest BCUT2D eigenvalue weighted by Gasteiger charge is -2.09. The van der Waals surface area contributed by atoms with Gasteiger partial charge in [-0.25, -0.2) is 0 Å². The van der Waals surface area contributed by atoms with Crippen molar-refractivity contribution in [2.45, 2.75) is 19.4 Å². The summed E-state index contributed by atoms with van der Waals surface area (Å²) in [6, 6.07) is 3.97. The molecule has 0 bridgehead atoms. The third-order valence-electron chi connectivity index (χ3n) is 2.70. The summed E-state index contributed by atoms with van der Waals surface area (Å²) in [6.45, 7) is 3.21. The highest BCUT2D eigenvalue weighted by atomic mass is 35.5. The van der Waals surface area contributed by atoms with E-state index in [1.807, 2.05) is 12.1 Å². The molecule has 1 aromatic carbocycles. The van der Waals surface area contributed by atoms with Gasteiger partial charge < -0.3 is 15.8 Å². The van der Waals surface area contributed by atoms with Crippen molar-refractivity contribution in [1.82, 2.24) is 5.32 Å². The van der Waals surface area contributed by atoms with Gasteiger partial charge in [0.1, 0.15) is 5.75 Å². The van der Waals surface area contributed by atoms with E-state index in [4.69, 9.17) is 22.1 Å². The fraction of sp³-hybridized carbons (Fsp3) is 0.500. The molecule has 3 N–H and O–H groups in total. The zero-order valence-electron chi connectivity index (χ0n) is 9.26. The maximum atomic E-state index is 6.07. The van der Waals surface area contributed by atoms with E-state index in [0.717, 1.165) is 55.4 Å². The van der Waals surface area contributed by atoms with Crippen molar-refractivity contribution in [1.29, 1.82) is 0 Å². The van der Waals surface area contributed by atoms with Gasteiger partial charge in [-0.05, 0) is 37.2 Å². The highest BCUT2D eigenvalue weighted by molar-refractivity contribution is 6.30. The van der Waals surface area contributed by atoms with Crippen LogP contribution in [-0.2, 0) is 13.0 Å². The normalized spacial score (nSPS) is 13.6. The Kier molecular flexibility index (Phi) is 4.04. The molecule has 0 unspecified atom stereocenters. The van der Waals surface area contributed by atoms with Crippen LogP contribution in [0.15, 0.2) is 12.1 Å². The molecule has 16 heavy (non-hydrogen) atoms. The van der Waals surface area contributed by atoms with Crippen LogP contribution < -0.4 is 15.8 Å². The summed E-state index contributed by atoms with van der Waals surface area (Å²) in [5, 5.41) is 4.13. The van der Waals surface area contributed by atoms with Crippen LogP contribution in [0.5, 0.6) is 5.75 Å². The molecular weight excluding hydrogens is 224 g/mol. The number of halogens is 1. The molecule has 1 aromatic rings. The monoisotopic (exact) mass is 240 g/mol. The number of nitrogens with two attached hydrogens (primary N) is 1. The Morgan fingerprint density at radius 2 is 2.31 bits per heavy atom. The molecule has 88 valence electrons. The summed E-state index contributed by atoms with van der Waals surface area (Å²) in [4.78, 5) is 0. The summed E-state index contributed by atoms with van der Waals surface area (Å²) in [7, 11) is 0. The second kappa shape index (κ2) is 5.53. The number of rotatable bonds is 5. The van der Waals surface area contributed by atoms with Gasteiger partial charge in [-0.2, -0.15) is 0 Å². The predicted molar refractivity (Wildman–Crippen MR) is 66.0 cm³/mol. The fourth-order valence-corrected chi connectivity index (χ4v) is 2.19. The van der Waals surface area contributed by atoms with Crippen molar-refractivity contribution < 1.29 is 4.74 Å². The molecule has 0 saturated carbocycles. The average molecular weight is 241 g/mol. The molecule has 0 aromatic heterocycles. The lowest BCUT2D eigenvalue weighted by molar-refractivity contribution is 0.352. The van der Waals surface area contributed by atoms with Gasteiger partial charge in [0.05, 0.1) is 6.61 Å². The van der Waals surface area contributed by atoms with Gasteiger partial charge in [-0.15, -0.1) is 0 Å². The van der Waals surface area contributed by atoms with Crippen LogP contribution in [0.3, 0.4) is 0 Å². The molecule has 4 heteroatoms. The predicted octanol–water partition coefficient (Wildman–Crippen LogP) is 1.71. The van der Waals surface area contributed by atoms with Crippen LogP contribution in [0.4, 0.5) is 0 Å². The second-order valence-electron chi connectivity index (χ2n) is 3.97. The summed E-state index contributed by atoms with van der Waals surface area (Å²) in [5.74, 6) is 1.02. The topological polar surface area (TPSA) is 47.3 Å². The molecular formula is C12H17ClN2O. The van der Waals surface area contributed by atoms with E-state index >= 15 is 0 Å². The molecule has 0 aliphatic carbocycles. The van der Waals surface area contributed by atoms with Gasteiger partial charge in [0.2, 0.25) is 0 Å². The average Bonchev–Trinajstić information content (AvgIpc) is 2.72. The van der Waals surface area contributed by atoms with Crippen molar-refractivity contribution in [2.24, 2.45) is 5.73 Å². The first-order chi connectivity index (χ1) is 7.81. The lowest BCUT2D eigenvalue weighted by Crippen LogP contribution is -2.18. The minimum Gasteiger partial charge on any atom is -0.493 e. The highest BCUT2D eigenvalue weighted by Gasteiger charge is 2.16. The number of hydrogen-bond acceptors (Lipinski definition) is 3. The summed E-state index contributed by atoms with van der Waals surface area (Å²) in [6.07, 6.45) is 1.95. The largest absolute Gasteiger partial charge is 0.493 e. The SMILES string of the molecule is NCCCNCc1cc(Cl)cc2c1OCC2. The molecule has 1 aliphatic rings. The zero-order chi connectivity index (χ0) is 11.4. The van der Waals surface area contributed by atoms with E-state index in [0.29, 0.717) is 0 Å². The van der Waals surface area contributed by atoms with Gasteiger partial charge in [-0.3, -0.25) is 0 Å². The molecule has 1 heterocycles. The molecule has 0 radical (unpaired) electrons. The van der Waals surface area contributed by atoms with Crippen molar-refractivity contribution in [2.75, 3.05) is 19.7 Å². The van der Waals surface area contributed by atoms with Gasteiger partial charge in [0, 0.05) is 23.6 Å². The van der Waals surface area contributed by atoms with Crippen LogP contribution in [0.2, 0.25) is 5.02 Å². The Labute approximate surface area is 101 Å². The van der Waals surface area contributed by atoms with Crippen LogP contribution in [0.1, 0.15) is 17.5 Å². The molecule has 1 aliphatic heterocycles. The minimum atomic E-state index is 0.719. The summed E-state index contributed by atoms with van der Waals surface area (Å²) in [5.41, 5.74) is 7.81. The number of nitrogens with one attached hydrogen (secondary N) is 1. The number of benzene rings is 1. The molecule has 0 atom stereocenters. The van der Waals surface area contributed by atoms with Gasteiger partial charge in [0.15, 0.2) is 0 Å². The maximum Gasteiger partial charge on any atom is 0.127 e. The van der Waals surface area contributed by atoms with Crippen molar-refractivity contribution in [3.8, 4) is 5.75 Å². The van der Waals surface area contributed by atoms with E-state index in [9.17, 15) is 0 Å². The smallest absolute Gasteiger partial charge is 0.127 e. The van der Waals surface area contributed by atoms with Crippen LogP contribution in [0, 0.1) is 0 Å². The minimum absolute atomic E-state index is 0.719. The Balaban J connectivity index is 2.03. The Morgan fingerprint density at radius 3 is 3.12 bits per heavy atom.